The van der Waals surface area contributed by atoms with Gasteiger partial charge in [0.2, 0.25) is 0 Å². The molecule has 1 aromatic carbocycles. The lowest BCUT2D eigenvalue weighted by atomic mass is 10.2. The number of nitrogens with zero attached hydrogens (tertiary/aromatic N) is 2. The van der Waals surface area contributed by atoms with Crippen LogP contribution < -0.4 is 10.5 Å². The summed E-state index contributed by atoms with van der Waals surface area (Å²) < 4.78 is 5.74. The highest BCUT2D eigenvalue weighted by atomic mass is 16.5. The molecule has 1 unspecified atom stereocenters. The SMILES string of the molecule is CCN1CCCC1CN(C)CCOc1ccc(N)cc1. The first kappa shape index (κ1) is 15.1. The van der Waals surface area contributed by atoms with E-state index in [1.165, 1.54) is 25.9 Å². The lowest BCUT2D eigenvalue weighted by Crippen LogP contribution is -2.39. The molecule has 2 N–H and O–H groups in total. The highest BCUT2D eigenvalue weighted by Crippen LogP contribution is 2.17. The van der Waals surface area contributed by atoms with E-state index in [4.69, 9.17) is 10.5 Å². The molecule has 0 amide bonds. The maximum Gasteiger partial charge on any atom is 0.119 e. The highest BCUT2D eigenvalue weighted by Gasteiger charge is 2.23. The quantitative estimate of drug-likeness (QED) is 0.775. The summed E-state index contributed by atoms with van der Waals surface area (Å²) in [6.07, 6.45) is 2.67. The summed E-state index contributed by atoms with van der Waals surface area (Å²) in [6.45, 7) is 7.50. The van der Waals surface area contributed by atoms with E-state index in [1.54, 1.807) is 0 Å². The smallest absolute Gasteiger partial charge is 0.119 e. The Morgan fingerprint density at radius 3 is 2.80 bits per heavy atom. The first-order chi connectivity index (χ1) is 9.69. The molecular formula is C16H27N3O. The molecule has 4 heteroatoms. The van der Waals surface area contributed by atoms with Crippen molar-refractivity contribution in [2.45, 2.75) is 25.8 Å². The van der Waals surface area contributed by atoms with Crippen molar-refractivity contribution in [3.8, 4) is 5.75 Å². The number of nitrogen functional groups attached to an aromatic ring is 1. The van der Waals surface area contributed by atoms with Crippen molar-refractivity contribution in [1.82, 2.24) is 9.80 Å². The van der Waals surface area contributed by atoms with Crippen LogP contribution in [-0.4, -0.2) is 55.7 Å². The molecule has 0 aromatic heterocycles. The van der Waals surface area contributed by atoms with Crippen LogP contribution in [0.25, 0.3) is 0 Å². The summed E-state index contributed by atoms with van der Waals surface area (Å²) in [4.78, 5) is 4.95. The van der Waals surface area contributed by atoms with E-state index in [1.807, 2.05) is 24.3 Å². The van der Waals surface area contributed by atoms with E-state index >= 15 is 0 Å². The fourth-order valence-corrected chi connectivity index (χ4v) is 2.85. The molecular weight excluding hydrogens is 250 g/mol. The van der Waals surface area contributed by atoms with Crippen LogP contribution in [0.5, 0.6) is 5.75 Å². The van der Waals surface area contributed by atoms with Gasteiger partial charge in [-0.2, -0.15) is 0 Å². The largest absolute Gasteiger partial charge is 0.492 e. The number of hydrogen-bond acceptors (Lipinski definition) is 4. The molecule has 20 heavy (non-hydrogen) atoms. The average molecular weight is 277 g/mol. The van der Waals surface area contributed by atoms with E-state index in [0.717, 1.165) is 37.2 Å². The van der Waals surface area contributed by atoms with Crippen LogP contribution in [0.3, 0.4) is 0 Å². The molecule has 1 aliphatic rings. The Morgan fingerprint density at radius 1 is 1.35 bits per heavy atom. The Kier molecular flexibility index (Phi) is 5.68. The molecule has 1 aromatic rings. The first-order valence-corrected chi connectivity index (χ1v) is 7.60. The van der Waals surface area contributed by atoms with E-state index in [2.05, 4.69) is 23.8 Å². The predicted octanol–water partition coefficient (Wildman–Crippen LogP) is 2.06. The van der Waals surface area contributed by atoms with Crippen molar-refractivity contribution in [3.05, 3.63) is 24.3 Å². The molecule has 0 bridgehead atoms. The van der Waals surface area contributed by atoms with Gasteiger partial charge in [-0.25, -0.2) is 0 Å². The number of likely N-dealkylation sites (tertiary alicyclic amines) is 1. The zero-order valence-electron chi connectivity index (χ0n) is 12.7. The Hall–Kier alpha value is -1.26. The topological polar surface area (TPSA) is 41.7 Å². The Bertz CT molecular complexity index is 393. The molecule has 2 rings (SSSR count). The molecule has 1 aliphatic heterocycles. The summed E-state index contributed by atoms with van der Waals surface area (Å²) in [6, 6.07) is 8.31. The maximum atomic E-state index is 5.74. The van der Waals surface area contributed by atoms with E-state index in [0.29, 0.717) is 0 Å². The number of benzene rings is 1. The zero-order valence-corrected chi connectivity index (χ0v) is 12.7. The Labute approximate surface area is 122 Å². The Balaban J connectivity index is 1.67. The molecule has 0 spiro atoms. The molecule has 4 nitrogen and oxygen atoms in total. The molecule has 1 atom stereocenters. The second-order valence-corrected chi connectivity index (χ2v) is 5.60. The molecule has 0 radical (unpaired) electrons. The predicted molar refractivity (Wildman–Crippen MR) is 84.1 cm³/mol. The molecule has 1 heterocycles. The van der Waals surface area contributed by atoms with Crippen LogP contribution in [0.15, 0.2) is 24.3 Å². The lowest BCUT2D eigenvalue weighted by Gasteiger charge is -2.27. The number of rotatable bonds is 7. The minimum absolute atomic E-state index is 0.721. The van der Waals surface area contributed by atoms with Crippen LogP contribution >= 0.6 is 0 Å². The zero-order chi connectivity index (χ0) is 14.4. The van der Waals surface area contributed by atoms with Gasteiger partial charge < -0.3 is 15.4 Å². The minimum atomic E-state index is 0.721. The van der Waals surface area contributed by atoms with Crippen molar-refractivity contribution in [1.29, 1.82) is 0 Å². The van der Waals surface area contributed by atoms with Crippen molar-refractivity contribution in [3.63, 3.8) is 0 Å². The van der Waals surface area contributed by atoms with Crippen LogP contribution in [0.4, 0.5) is 5.69 Å². The van der Waals surface area contributed by atoms with Crippen molar-refractivity contribution in [2.75, 3.05) is 45.6 Å². The third kappa shape index (κ3) is 4.39. The normalized spacial score (nSPS) is 19.6. The summed E-state index contributed by atoms with van der Waals surface area (Å²) in [5, 5.41) is 0. The second kappa shape index (κ2) is 7.50. The summed E-state index contributed by atoms with van der Waals surface area (Å²) in [7, 11) is 2.18. The van der Waals surface area contributed by atoms with E-state index in [-0.39, 0.29) is 0 Å². The fraction of sp³-hybridized carbons (Fsp3) is 0.625. The number of nitrogens with two attached hydrogens (primary N) is 1. The number of ether oxygens (including phenoxy) is 1. The maximum absolute atomic E-state index is 5.74. The van der Waals surface area contributed by atoms with E-state index < -0.39 is 0 Å². The van der Waals surface area contributed by atoms with Crippen molar-refractivity contribution < 1.29 is 4.74 Å². The van der Waals surface area contributed by atoms with Crippen LogP contribution in [0.1, 0.15) is 19.8 Å². The Morgan fingerprint density at radius 2 is 2.10 bits per heavy atom. The summed E-state index contributed by atoms with van der Waals surface area (Å²) in [5.74, 6) is 0.892. The van der Waals surface area contributed by atoms with Gasteiger partial charge in [-0.05, 0) is 57.2 Å². The molecule has 0 aliphatic carbocycles. The number of likely N-dealkylation sites (N-methyl/N-ethyl adjacent to an activating group) is 2. The van der Waals surface area contributed by atoms with Gasteiger partial charge in [0.1, 0.15) is 12.4 Å². The standard InChI is InChI=1S/C16H27N3O/c1-3-19-10-4-5-15(19)13-18(2)11-12-20-16-8-6-14(17)7-9-16/h6-9,15H,3-5,10-13,17H2,1-2H3. The van der Waals surface area contributed by atoms with Crippen molar-refractivity contribution >= 4 is 5.69 Å². The van der Waals surface area contributed by atoms with Gasteiger partial charge in [-0.15, -0.1) is 0 Å². The van der Waals surface area contributed by atoms with Gasteiger partial charge in [-0.1, -0.05) is 6.92 Å². The van der Waals surface area contributed by atoms with Gasteiger partial charge in [0.05, 0.1) is 0 Å². The van der Waals surface area contributed by atoms with Gasteiger partial charge in [0, 0.05) is 24.8 Å². The lowest BCUT2D eigenvalue weighted by molar-refractivity contribution is 0.177. The number of anilines is 1. The molecule has 1 saturated heterocycles. The van der Waals surface area contributed by atoms with Gasteiger partial charge in [0.15, 0.2) is 0 Å². The highest BCUT2D eigenvalue weighted by molar-refractivity contribution is 5.41. The van der Waals surface area contributed by atoms with Crippen molar-refractivity contribution in [2.24, 2.45) is 0 Å². The first-order valence-electron chi connectivity index (χ1n) is 7.60. The van der Waals surface area contributed by atoms with Gasteiger partial charge in [-0.3, -0.25) is 4.90 Å². The van der Waals surface area contributed by atoms with Gasteiger partial charge in [0.25, 0.3) is 0 Å². The molecule has 112 valence electrons. The monoisotopic (exact) mass is 277 g/mol. The van der Waals surface area contributed by atoms with E-state index in [9.17, 15) is 0 Å². The third-order valence-corrected chi connectivity index (χ3v) is 4.05. The van der Waals surface area contributed by atoms with Crippen LogP contribution in [0, 0.1) is 0 Å². The van der Waals surface area contributed by atoms with Crippen LogP contribution in [0.2, 0.25) is 0 Å². The summed E-state index contributed by atoms with van der Waals surface area (Å²) >= 11 is 0. The van der Waals surface area contributed by atoms with Crippen LogP contribution in [-0.2, 0) is 0 Å². The van der Waals surface area contributed by atoms with Gasteiger partial charge >= 0.3 is 0 Å². The average Bonchev–Trinajstić information content (AvgIpc) is 2.88. The fourth-order valence-electron chi connectivity index (χ4n) is 2.85. The third-order valence-electron chi connectivity index (χ3n) is 4.05. The molecule has 0 saturated carbocycles. The second-order valence-electron chi connectivity index (χ2n) is 5.60. The summed E-state index contributed by atoms with van der Waals surface area (Å²) in [5.41, 5.74) is 6.43. The molecule has 1 fully saturated rings. The minimum Gasteiger partial charge on any atom is -0.492 e. The number of hydrogen-bond donors (Lipinski definition) is 1.